The van der Waals surface area contributed by atoms with Crippen LogP contribution in [-0.4, -0.2) is 17.7 Å². The third-order valence-corrected chi connectivity index (χ3v) is 2.38. The van der Waals surface area contributed by atoms with Crippen LogP contribution in [0.2, 0.25) is 0 Å². The maximum Gasteiger partial charge on any atom is 0.350 e. The van der Waals surface area contributed by atoms with Gasteiger partial charge in [-0.15, -0.1) is 0 Å². The minimum Gasteiger partial charge on any atom is -0.419 e. The van der Waals surface area contributed by atoms with Gasteiger partial charge in [0, 0.05) is 20.0 Å². The first-order valence-corrected chi connectivity index (χ1v) is 6.02. The van der Waals surface area contributed by atoms with Gasteiger partial charge in [-0.2, -0.15) is 0 Å². The fraction of sp³-hybridized carbons (Fsp3) is 0.333. The first-order valence-electron chi connectivity index (χ1n) is 5.65. The van der Waals surface area contributed by atoms with Gasteiger partial charge in [0.25, 0.3) is 5.79 Å². The van der Waals surface area contributed by atoms with Crippen molar-refractivity contribution < 1.29 is 19.1 Å². The van der Waals surface area contributed by atoms with Crippen LogP contribution >= 0.6 is 11.6 Å². The lowest BCUT2D eigenvalue weighted by Gasteiger charge is -2.29. The molecule has 0 unspecified atom stereocenters. The lowest BCUT2D eigenvalue weighted by molar-refractivity contribution is -0.222. The van der Waals surface area contributed by atoms with Crippen molar-refractivity contribution in [1.29, 1.82) is 0 Å². The molecule has 1 aliphatic heterocycles. The van der Waals surface area contributed by atoms with Crippen LogP contribution in [0.4, 0.5) is 0 Å². The Hall–Kier alpha value is -2.15. The predicted molar refractivity (Wildman–Crippen MR) is 72.5 cm³/mol. The van der Waals surface area contributed by atoms with Crippen LogP contribution in [-0.2, 0) is 19.1 Å². The van der Waals surface area contributed by atoms with E-state index in [2.05, 4.69) is 5.32 Å². The second kappa shape index (κ2) is 5.87. The number of ether oxygens (including phenoxy) is 2. The molecule has 0 aliphatic carbocycles. The number of hydrogen-bond acceptors (Lipinski definition) is 7. The second-order valence-electron chi connectivity index (χ2n) is 4.51. The van der Waals surface area contributed by atoms with E-state index in [0.29, 0.717) is 5.57 Å². The summed E-state index contributed by atoms with van der Waals surface area (Å²) in [5.41, 5.74) is 11.2. The highest BCUT2D eigenvalue weighted by atomic mass is 35.5. The van der Waals surface area contributed by atoms with Gasteiger partial charge in [0.05, 0.1) is 5.16 Å². The molecule has 0 amide bonds. The summed E-state index contributed by atoms with van der Waals surface area (Å²) in [6, 6.07) is 0. The number of hydrogen-bond donors (Lipinski definition) is 3. The van der Waals surface area contributed by atoms with E-state index in [4.69, 9.17) is 32.5 Å². The molecule has 7 nitrogen and oxygen atoms in total. The highest BCUT2D eigenvalue weighted by molar-refractivity contribution is 6.29. The number of cyclic esters (lactones) is 2. The normalized spacial score (nSPS) is 19.8. The first-order chi connectivity index (χ1) is 9.12. The van der Waals surface area contributed by atoms with E-state index >= 15 is 0 Å². The molecule has 0 spiro atoms. The molecule has 110 valence electrons. The van der Waals surface area contributed by atoms with Gasteiger partial charge in [-0.05, 0) is 18.6 Å². The lowest BCUT2D eigenvalue weighted by Crippen LogP contribution is -2.42. The first kappa shape index (κ1) is 15.9. The number of rotatable bonds is 3. The minimum absolute atomic E-state index is 0.0538. The van der Waals surface area contributed by atoms with Crippen molar-refractivity contribution in [2.45, 2.75) is 26.6 Å². The Morgan fingerprint density at radius 2 is 1.75 bits per heavy atom. The minimum atomic E-state index is -1.28. The molecule has 0 aromatic rings. The zero-order valence-electron chi connectivity index (χ0n) is 11.3. The molecule has 0 atom stereocenters. The molecule has 5 N–H and O–H groups in total. The van der Waals surface area contributed by atoms with Gasteiger partial charge in [0.2, 0.25) is 0 Å². The smallest absolute Gasteiger partial charge is 0.350 e. The Morgan fingerprint density at radius 3 is 2.20 bits per heavy atom. The van der Waals surface area contributed by atoms with E-state index in [9.17, 15) is 9.59 Å². The van der Waals surface area contributed by atoms with Gasteiger partial charge in [-0.3, -0.25) is 0 Å². The highest BCUT2D eigenvalue weighted by Gasteiger charge is 2.38. The maximum absolute atomic E-state index is 11.6. The largest absolute Gasteiger partial charge is 0.419 e. The number of esters is 2. The van der Waals surface area contributed by atoms with Crippen molar-refractivity contribution in [3.8, 4) is 0 Å². The number of nitrogens with two attached hydrogens (primary N) is 2. The van der Waals surface area contributed by atoms with Gasteiger partial charge in [0.15, 0.2) is 5.57 Å². The summed E-state index contributed by atoms with van der Waals surface area (Å²) in [6.45, 7) is 4.57. The van der Waals surface area contributed by atoms with Crippen LogP contribution in [0.1, 0.15) is 20.8 Å². The van der Waals surface area contributed by atoms with Crippen LogP contribution in [0.5, 0.6) is 0 Å². The zero-order valence-corrected chi connectivity index (χ0v) is 12.1. The Morgan fingerprint density at radius 1 is 1.25 bits per heavy atom. The molecule has 0 aromatic carbocycles. The van der Waals surface area contributed by atoms with Crippen LogP contribution in [0, 0.1) is 0 Å². The number of nitrogens with one attached hydrogen (secondary N) is 1. The topological polar surface area (TPSA) is 117 Å². The monoisotopic (exact) mass is 301 g/mol. The molecular formula is C12H16ClN3O4. The standard InChI is InChI=1S/C12H16ClN3O4/c1-6(4-8(13)14)9(15)16-5-7-10(17)19-12(2,3)20-11(7)18/h4-5,16H,14-15H2,1-3H3/b8-4-,9-6+. The molecule has 0 aromatic heterocycles. The van der Waals surface area contributed by atoms with Crippen molar-refractivity contribution in [3.63, 3.8) is 0 Å². The lowest BCUT2D eigenvalue weighted by atomic mass is 10.2. The molecule has 20 heavy (non-hydrogen) atoms. The Balaban J connectivity index is 2.89. The average Bonchev–Trinajstić information content (AvgIpc) is 2.24. The van der Waals surface area contributed by atoms with Gasteiger partial charge in [0.1, 0.15) is 5.82 Å². The van der Waals surface area contributed by atoms with Gasteiger partial charge < -0.3 is 26.3 Å². The van der Waals surface area contributed by atoms with E-state index in [-0.39, 0.29) is 16.6 Å². The van der Waals surface area contributed by atoms with Crippen molar-refractivity contribution in [2.24, 2.45) is 11.5 Å². The van der Waals surface area contributed by atoms with Crippen molar-refractivity contribution in [3.05, 3.63) is 34.4 Å². The zero-order chi connectivity index (χ0) is 15.5. The number of allylic oxidation sites excluding steroid dienone is 2. The number of carbonyl (C=O) groups is 2. The van der Waals surface area contributed by atoms with E-state index in [0.717, 1.165) is 6.20 Å². The van der Waals surface area contributed by atoms with Crippen molar-refractivity contribution in [2.75, 3.05) is 0 Å². The predicted octanol–water partition coefficient (Wildman–Crippen LogP) is 0.525. The quantitative estimate of drug-likeness (QED) is 0.229. The Kier molecular flexibility index (Phi) is 4.67. The van der Waals surface area contributed by atoms with Crippen LogP contribution < -0.4 is 16.8 Å². The molecule has 0 radical (unpaired) electrons. The summed E-state index contributed by atoms with van der Waals surface area (Å²) in [6.07, 6.45) is 2.53. The fourth-order valence-electron chi connectivity index (χ4n) is 1.33. The highest BCUT2D eigenvalue weighted by Crippen LogP contribution is 2.22. The molecule has 1 saturated heterocycles. The molecule has 1 heterocycles. The van der Waals surface area contributed by atoms with Crippen LogP contribution in [0.15, 0.2) is 34.4 Å². The second-order valence-corrected chi connectivity index (χ2v) is 4.94. The summed E-state index contributed by atoms with van der Waals surface area (Å²) in [4.78, 5) is 23.3. The SMILES string of the molecule is CC(/C=C(\N)Cl)=C(/N)NC=C1C(=O)OC(C)(C)OC1=O. The van der Waals surface area contributed by atoms with Gasteiger partial charge in [-0.1, -0.05) is 11.6 Å². The third kappa shape index (κ3) is 4.20. The fourth-order valence-corrected chi connectivity index (χ4v) is 1.49. The third-order valence-electron chi connectivity index (χ3n) is 2.27. The van der Waals surface area contributed by atoms with E-state index < -0.39 is 17.7 Å². The van der Waals surface area contributed by atoms with Gasteiger partial charge >= 0.3 is 11.9 Å². The summed E-state index contributed by atoms with van der Waals surface area (Å²) in [5, 5.41) is 2.63. The van der Waals surface area contributed by atoms with E-state index in [1.807, 2.05) is 0 Å². The summed E-state index contributed by atoms with van der Waals surface area (Å²) in [7, 11) is 0. The summed E-state index contributed by atoms with van der Waals surface area (Å²) >= 11 is 5.50. The molecular weight excluding hydrogens is 286 g/mol. The molecule has 8 heteroatoms. The molecule has 1 aliphatic rings. The van der Waals surface area contributed by atoms with Crippen molar-refractivity contribution >= 4 is 23.5 Å². The summed E-state index contributed by atoms with van der Waals surface area (Å²) < 4.78 is 9.83. The maximum atomic E-state index is 11.6. The van der Waals surface area contributed by atoms with E-state index in [1.54, 1.807) is 6.92 Å². The molecule has 0 bridgehead atoms. The molecule has 1 fully saturated rings. The Bertz CT molecular complexity index is 509. The molecule has 0 saturated carbocycles. The number of halogens is 1. The Labute approximate surface area is 121 Å². The van der Waals surface area contributed by atoms with E-state index in [1.165, 1.54) is 19.9 Å². The summed E-state index contributed by atoms with van der Waals surface area (Å²) in [5.74, 6) is -2.70. The van der Waals surface area contributed by atoms with Crippen LogP contribution in [0.25, 0.3) is 0 Å². The average molecular weight is 302 g/mol. The number of carbonyl (C=O) groups excluding carboxylic acids is 2. The van der Waals surface area contributed by atoms with Crippen molar-refractivity contribution in [1.82, 2.24) is 5.32 Å². The van der Waals surface area contributed by atoms with Gasteiger partial charge in [-0.25, -0.2) is 9.59 Å². The molecule has 1 rings (SSSR count). The van der Waals surface area contributed by atoms with Crippen LogP contribution in [0.3, 0.4) is 0 Å².